The summed E-state index contributed by atoms with van der Waals surface area (Å²) in [6.45, 7) is 2.12. The maximum absolute atomic E-state index is 11.7. The van der Waals surface area contributed by atoms with Crippen LogP contribution in [0.3, 0.4) is 0 Å². The lowest BCUT2D eigenvalue weighted by molar-refractivity contribution is -0.120. The molecule has 1 aliphatic rings. The zero-order valence-electron chi connectivity index (χ0n) is 11.0. The molecule has 0 aliphatic heterocycles. The maximum Gasteiger partial charge on any atom is 0.321 e. The van der Waals surface area contributed by atoms with Gasteiger partial charge in [0.05, 0.1) is 6.20 Å². The fraction of sp³-hybridized carbons (Fsp3) is 0.667. The number of aromatic nitrogens is 3. The number of amides is 3. The lowest BCUT2D eigenvalue weighted by Crippen LogP contribution is -2.48. The minimum atomic E-state index is -0.427. The first-order valence-electron chi connectivity index (χ1n) is 6.59. The van der Waals surface area contributed by atoms with Crippen molar-refractivity contribution in [2.24, 2.45) is 5.92 Å². The summed E-state index contributed by atoms with van der Waals surface area (Å²) >= 11 is 0. The zero-order valence-corrected chi connectivity index (χ0v) is 11.0. The van der Waals surface area contributed by atoms with E-state index >= 15 is 0 Å². The van der Waals surface area contributed by atoms with Crippen LogP contribution in [0, 0.1) is 5.92 Å². The lowest BCUT2D eigenvalue weighted by atomic mass is 9.86. The Kier molecular flexibility index (Phi) is 4.48. The monoisotopic (exact) mass is 265 g/mol. The molecule has 19 heavy (non-hydrogen) atoms. The zero-order chi connectivity index (χ0) is 13.7. The van der Waals surface area contributed by atoms with Crippen molar-refractivity contribution in [3.05, 3.63) is 12.4 Å². The minimum Gasteiger partial charge on any atom is -0.335 e. The van der Waals surface area contributed by atoms with E-state index in [9.17, 15) is 9.59 Å². The second-order valence-electron chi connectivity index (χ2n) is 4.99. The van der Waals surface area contributed by atoms with Crippen LogP contribution in [0.5, 0.6) is 0 Å². The normalized spacial score (nSPS) is 22.8. The standard InChI is InChI=1S/C12H19N5O2/c1-9-4-2-3-5-10(9)14-12(19)15-11(18)8-17-7-6-13-16-17/h6-7,9-10H,2-5,8H2,1H3,(H2,14,15,18,19). The van der Waals surface area contributed by atoms with Gasteiger partial charge in [0.1, 0.15) is 6.54 Å². The molecule has 0 bridgehead atoms. The largest absolute Gasteiger partial charge is 0.335 e. The number of nitrogens with zero attached hydrogens (tertiary/aromatic N) is 3. The van der Waals surface area contributed by atoms with Gasteiger partial charge in [0.2, 0.25) is 5.91 Å². The van der Waals surface area contributed by atoms with Gasteiger partial charge in [0.15, 0.2) is 0 Å². The highest BCUT2D eigenvalue weighted by atomic mass is 16.2. The van der Waals surface area contributed by atoms with Crippen molar-refractivity contribution >= 4 is 11.9 Å². The quantitative estimate of drug-likeness (QED) is 0.841. The molecule has 1 saturated carbocycles. The van der Waals surface area contributed by atoms with Gasteiger partial charge >= 0.3 is 6.03 Å². The Morgan fingerprint density at radius 3 is 2.84 bits per heavy atom. The van der Waals surface area contributed by atoms with Crippen LogP contribution in [0.25, 0.3) is 0 Å². The molecule has 0 aromatic carbocycles. The molecular weight excluding hydrogens is 246 g/mol. The van der Waals surface area contributed by atoms with Gasteiger partial charge in [-0.3, -0.25) is 10.1 Å². The molecule has 2 unspecified atom stereocenters. The molecule has 1 aromatic rings. The molecule has 1 heterocycles. The molecule has 0 saturated heterocycles. The highest BCUT2D eigenvalue weighted by Crippen LogP contribution is 2.23. The number of hydrogen-bond acceptors (Lipinski definition) is 4. The van der Waals surface area contributed by atoms with Crippen LogP contribution in [0.15, 0.2) is 12.4 Å². The van der Waals surface area contributed by atoms with E-state index in [1.807, 2.05) is 0 Å². The predicted molar refractivity (Wildman–Crippen MR) is 68.1 cm³/mol. The second kappa shape index (κ2) is 6.31. The molecule has 104 valence electrons. The Morgan fingerprint density at radius 2 is 2.16 bits per heavy atom. The summed E-state index contributed by atoms with van der Waals surface area (Å²) in [5.74, 6) is 0.0661. The third kappa shape index (κ3) is 4.04. The Balaban J connectivity index is 1.75. The molecule has 2 atom stereocenters. The molecule has 1 aromatic heterocycles. The van der Waals surface area contributed by atoms with Gasteiger partial charge in [-0.1, -0.05) is 25.0 Å². The Morgan fingerprint density at radius 1 is 1.37 bits per heavy atom. The summed E-state index contributed by atoms with van der Waals surface area (Å²) in [5.41, 5.74) is 0. The molecular formula is C12H19N5O2. The van der Waals surface area contributed by atoms with E-state index in [4.69, 9.17) is 0 Å². The summed E-state index contributed by atoms with van der Waals surface area (Å²) < 4.78 is 1.37. The SMILES string of the molecule is CC1CCCCC1NC(=O)NC(=O)Cn1ccnn1. The van der Waals surface area contributed by atoms with Gasteiger partial charge in [-0.2, -0.15) is 0 Å². The van der Waals surface area contributed by atoms with Crippen LogP contribution in [-0.2, 0) is 11.3 Å². The molecule has 7 heteroatoms. The van der Waals surface area contributed by atoms with Crippen LogP contribution in [0.1, 0.15) is 32.6 Å². The fourth-order valence-corrected chi connectivity index (χ4v) is 2.37. The summed E-state index contributed by atoms with van der Waals surface area (Å²) in [6.07, 6.45) is 7.50. The number of urea groups is 1. The summed E-state index contributed by atoms with van der Waals surface area (Å²) in [5, 5.41) is 12.4. The number of rotatable bonds is 3. The molecule has 1 aliphatic carbocycles. The fourth-order valence-electron chi connectivity index (χ4n) is 2.37. The maximum atomic E-state index is 11.7. The van der Waals surface area contributed by atoms with E-state index < -0.39 is 11.9 Å². The average molecular weight is 265 g/mol. The lowest BCUT2D eigenvalue weighted by Gasteiger charge is -2.29. The second-order valence-corrected chi connectivity index (χ2v) is 4.99. The number of carbonyl (C=O) groups is 2. The van der Waals surface area contributed by atoms with Crippen molar-refractivity contribution in [3.8, 4) is 0 Å². The van der Waals surface area contributed by atoms with E-state index in [-0.39, 0.29) is 12.6 Å². The Labute approximate surface area is 111 Å². The van der Waals surface area contributed by atoms with Gasteiger partial charge < -0.3 is 5.32 Å². The van der Waals surface area contributed by atoms with Crippen molar-refractivity contribution < 1.29 is 9.59 Å². The molecule has 2 rings (SSSR count). The number of hydrogen-bond donors (Lipinski definition) is 2. The van der Waals surface area contributed by atoms with Gasteiger partial charge in [-0.25, -0.2) is 9.48 Å². The van der Waals surface area contributed by atoms with Gasteiger partial charge in [0.25, 0.3) is 0 Å². The molecule has 0 radical (unpaired) electrons. The summed E-state index contributed by atoms with van der Waals surface area (Å²) in [6, 6.07) is -0.267. The average Bonchev–Trinajstić information content (AvgIpc) is 2.84. The van der Waals surface area contributed by atoms with Crippen molar-refractivity contribution in [1.82, 2.24) is 25.6 Å². The van der Waals surface area contributed by atoms with Gasteiger partial charge in [-0.15, -0.1) is 5.10 Å². The summed E-state index contributed by atoms with van der Waals surface area (Å²) in [7, 11) is 0. The van der Waals surface area contributed by atoms with Crippen molar-refractivity contribution in [1.29, 1.82) is 0 Å². The smallest absolute Gasteiger partial charge is 0.321 e. The first kappa shape index (κ1) is 13.5. The molecule has 7 nitrogen and oxygen atoms in total. The van der Waals surface area contributed by atoms with Gasteiger partial charge in [0, 0.05) is 12.2 Å². The number of carbonyl (C=O) groups excluding carboxylic acids is 2. The third-order valence-electron chi connectivity index (χ3n) is 3.46. The highest BCUT2D eigenvalue weighted by Gasteiger charge is 2.23. The minimum absolute atomic E-state index is 0.00631. The number of imide groups is 1. The molecule has 0 spiro atoms. The summed E-state index contributed by atoms with van der Waals surface area (Å²) in [4.78, 5) is 23.3. The first-order valence-corrected chi connectivity index (χ1v) is 6.59. The molecule has 2 N–H and O–H groups in total. The number of nitrogens with one attached hydrogen (secondary N) is 2. The third-order valence-corrected chi connectivity index (χ3v) is 3.46. The van der Waals surface area contributed by atoms with Crippen LogP contribution < -0.4 is 10.6 Å². The van der Waals surface area contributed by atoms with Crippen LogP contribution in [-0.4, -0.2) is 33.0 Å². The van der Waals surface area contributed by atoms with E-state index in [2.05, 4.69) is 27.9 Å². The Bertz CT molecular complexity index is 431. The Hall–Kier alpha value is -1.92. The van der Waals surface area contributed by atoms with E-state index in [0.29, 0.717) is 5.92 Å². The molecule has 1 fully saturated rings. The van der Waals surface area contributed by atoms with Gasteiger partial charge in [-0.05, 0) is 18.8 Å². The van der Waals surface area contributed by atoms with Crippen molar-refractivity contribution in [2.75, 3.05) is 0 Å². The predicted octanol–water partition coefficient (Wildman–Crippen LogP) is 0.683. The van der Waals surface area contributed by atoms with E-state index in [1.165, 1.54) is 17.3 Å². The first-order chi connectivity index (χ1) is 9.15. The molecule has 3 amide bonds. The van der Waals surface area contributed by atoms with Crippen LogP contribution in [0.4, 0.5) is 4.79 Å². The topological polar surface area (TPSA) is 88.9 Å². The van der Waals surface area contributed by atoms with Crippen LogP contribution in [0.2, 0.25) is 0 Å². The van der Waals surface area contributed by atoms with E-state index in [0.717, 1.165) is 19.3 Å². The van der Waals surface area contributed by atoms with E-state index in [1.54, 1.807) is 6.20 Å². The van der Waals surface area contributed by atoms with Crippen molar-refractivity contribution in [3.63, 3.8) is 0 Å². The van der Waals surface area contributed by atoms with Crippen LogP contribution >= 0.6 is 0 Å². The van der Waals surface area contributed by atoms with Crippen molar-refractivity contribution in [2.45, 2.75) is 45.2 Å². The highest BCUT2D eigenvalue weighted by molar-refractivity contribution is 5.94.